The molecule has 1 N–H and O–H groups in total. The Morgan fingerprint density at radius 1 is 1.29 bits per heavy atom. The Balaban J connectivity index is 2.50. The molecule has 6 heteroatoms. The highest BCUT2D eigenvalue weighted by Gasteiger charge is 2.31. The molecule has 2 amide bonds. The van der Waals surface area contributed by atoms with Crippen molar-refractivity contribution in [3.05, 3.63) is 0 Å². The zero-order valence-electron chi connectivity index (χ0n) is 14.0. The summed E-state index contributed by atoms with van der Waals surface area (Å²) in [4.78, 5) is 25.6. The topological polar surface area (TPSA) is 67.9 Å². The molecule has 1 atom stereocenters. The molecule has 0 aliphatic carbocycles. The van der Waals surface area contributed by atoms with E-state index in [-0.39, 0.29) is 12.0 Å². The lowest BCUT2D eigenvalue weighted by atomic mass is 10.0. The number of hydrogen-bond acceptors (Lipinski definition) is 4. The molecule has 0 spiro atoms. The monoisotopic (exact) mass is 300 g/mol. The predicted octanol–water partition coefficient (Wildman–Crippen LogP) is 1.93. The molecular weight excluding hydrogens is 272 g/mol. The Bertz CT molecular complexity index is 382. The molecule has 0 aromatic carbocycles. The fourth-order valence-corrected chi connectivity index (χ4v) is 2.31. The van der Waals surface area contributed by atoms with Gasteiger partial charge in [-0.25, -0.2) is 4.79 Å². The molecule has 21 heavy (non-hydrogen) atoms. The summed E-state index contributed by atoms with van der Waals surface area (Å²) in [7, 11) is 1.72. The van der Waals surface area contributed by atoms with Gasteiger partial charge in [0.1, 0.15) is 11.7 Å². The SMILES string of the molecule is CN(CC(C)(C)NC(=O)OC(C)(C)C)C(=O)C1CCCO1. The van der Waals surface area contributed by atoms with Crippen LogP contribution in [0.25, 0.3) is 0 Å². The summed E-state index contributed by atoms with van der Waals surface area (Å²) in [6.07, 6.45) is 0.866. The normalized spacial score (nSPS) is 19.2. The van der Waals surface area contributed by atoms with Gasteiger partial charge in [0.05, 0.1) is 5.54 Å². The third kappa shape index (κ3) is 6.33. The van der Waals surface area contributed by atoms with Crippen LogP contribution in [0.4, 0.5) is 4.79 Å². The van der Waals surface area contributed by atoms with Crippen molar-refractivity contribution in [3.8, 4) is 0 Å². The molecule has 0 bridgehead atoms. The highest BCUT2D eigenvalue weighted by molar-refractivity contribution is 5.81. The number of alkyl carbamates (subject to hydrolysis) is 1. The van der Waals surface area contributed by atoms with Gasteiger partial charge in [-0.05, 0) is 47.5 Å². The lowest BCUT2D eigenvalue weighted by Crippen LogP contribution is -2.54. The summed E-state index contributed by atoms with van der Waals surface area (Å²) >= 11 is 0. The minimum absolute atomic E-state index is 0.0356. The number of nitrogens with one attached hydrogen (secondary N) is 1. The average Bonchev–Trinajstić information content (AvgIpc) is 2.76. The van der Waals surface area contributed by atoms with Crippen molar-refractivity contribution in [1.82, 2.24) is 10.2 Å². The van der Waals surface area contributed by atoms with E-state index in [4.69, 9.17) is 9.47 Å². The maximum atomic E-state index is 12.2. The molecule has 0 aromatic rings. The average molecular weight is 300 g/mol. The molecule has 1 unspecified atom stereocenters. The second-order valence-corrected chi connectivity index (χ2v) is 7.21. The van der Waals surface area contributed by atoms with E-state index in [9.17, 15) is 9.59 Å². The van der Waals surface area contributed by atoms with Crippen LogP contribution in [0.15, 0.2) is 0 Å². The third-order valence-corrected chi connectivity index (χ3v) is 3.05. The van der Waals surface area contributed by atoms with Crippen molar-refractivity contribution in [2.75, 3.05) is 20.2 Å². The first-order valence-corrected chi connectivity index (χ1v) is 7.38. The Labute approximate surface area is 127 Å². The first-order valence-electron chi connectivity index (χ1n) is 7.38. The van der Waals surface area contributed by atoms with Crippen LogP contribution in [0.5, 0.6) is 0 Å². The van der Waals surface area contributed by atoms with Gasteiger partial charge in [0.2, 0.25) is 0 Å². The predicted molar refractivity (Wildman–Crippen MR) is 80.1 cm³/mol. The summed E-state index contributed by atoms with van der Waals surface area (Å²) < 4.78 is 10.6. The minimum atomic E-state index is -0.578. The van der Waals surface area contributed by atoms with E-state index >= 15 is 0 Å². The highest BCUT2D eigenvalue weighted by atomic mass is 16.6. The summed E-state index contributed by atoms with van der Waals surface area (Å²) in [5.74, 6) is -0.0356. The highest BCUT2D eigenvalue weighted by Crippen LogP contribution is 2.16. The van der Waals surface area contributed by atoms with Gasteiger partial charge < -0.3 is 19.7 Å². The number of nitrogens with zero attached hydrogens (tertiary/aromatic N) is 1. The standard InChI is InChI=1S/C15H28N2O4/c1-14(2,3)21-13(19)16-15(4,5)10-17(6)12(18)11-8-7-9-20-11/h11H,7-10H2,1-6H3,(H,16,19). The minimum Gasteiger partial charge on any atom is -0.444 e. The van der Waals surface area contributed by atoms with Crippen molar-refractivity contribution >= 4 is 12.0 Å². The van der Waals surface area contributed by atoms with Gasteiger partial charge in [-0.15, -0.1) is 0 Å². The fraction of sp³-hybridized carbons (Fsp3) is 0.867. The van der Waals surface area contributed by atoms with E-state index in [2.05, 4.69) is 5.32 Å². The number of rotatable bonds is 4. The van der Waals surface area contributed by atoms with Crippen LogP contribution < -0.4 is 5.32 Å². The maximum absolute atomic E-state index is 12.2. The van der Waals surface area contributed by atoms with E-state index in [1.54, 1.807) is 11.9 Å². The summed E-state index contributed by atoms with van der Waals surface area (Å²) in [6, 6.07) is 0. The zero-order valence-corrected chi connectivity index (χ0v) is 14.0. The summed E-state index contributed by atoms with van der Waals surface area (Å²) in [5, 5.41) is 2.79. The molecule has 0 saturated carbocycles. The van der Waals surface area contributed by atoms with Crippen LogP contribution in [-0.2, 0) is 14.3 Å². The van der Waals surface area contributed by atoms with Gasteiger partial charge in [0.15, 0.2) is 0 Å². The van der Waals surface area contributed by atoms with Crippen LogP contribution in [0.2, 0.25) is 0 Å². The van der Waals surface area contributed by atoms with Crippen LogP contribution in [0, 0.1) is 0 Å². The van der Waals surface area contributed by atoms with Gasteiger partial charge >= 0.3 is 6.09 Å². The molecule has 1 heterocycles. The van der Waals surface area contributed by atoms with Crippen LogP contribution in [0.1, 0.15) is 47.5 Å². The van der Waals surface area contributed by atoms with Crippen molar-refractivity contribution in [2.45, 2.75) is 64.7 Å². The summed E-state index contributed by atoms with van der Waals surface area (Å²) in [6.45, 7) is 10.2. The lowest BCUT2D eigenvalue weighted by Gasteiger charge is -2.33. The first kappa shape index (κ1) is 17.8. The number of likely N-dealkylation sites (N-methyl/N-ethyl adjacent to an activating group) is 1. The van der Waals surface area contributed by atoms with Gasteiger partial charge in [0, 0.05) is 20.2 Å². The van der Waals surface area contributed by atoms with E-state index < -0.39 is 17.2 Å². The van der Waals surface area contributed by atoms with E-state index in [0.717, 1.165) is 12.8 Å². The smallest absolute Gasteiger partial charge is 0.408 e. The number of carbonyl (C=O) groups is 2. The first-order chi connectivity index (χ1) is 9.50. The molecular formula is C15H28N2O4. The number of amides is 2. The van der Waals surface area contributed by atoms with Crippen molar-refractivity contribution in [1.29, 1.82) is 0 Å². The molecule has 1 rings (SSSR count). The Morgan fingerprint density at radius 3 is 2.38 bits per heavy atom. The Morgan fingerprint density at radius 2 is 1.90 bits per heavy atom. The molecule has 0 radical (unpaired) electrons. The fourth-order valence-electron chi connectivity index (χ4n) is 2.31. The van der Waals surface area contributed by atoms with Crippen molar-refractivity contribution in [3.63, 3.8) is 0 Å². The van der Waals surface area contributed by atoms with Gasteiger partial charge in [0.25, 0.3) is 5.91 Å². The lowest BCUT2D eigenvalue weighted by molar-refractivity contribution is -0.140. The largest absolute Gasteiger partial charge is 0.444 e. The second kappa shape index (κ2) is 6.64. The Hall–Kier alpha value is -1.30. The molecule has 1 aliphatic rings. The quantitative estimate of drug-likeness (QED) is 0.861. The van der Waals surface area contributed by atoms with Crippen LogP contribution >= 0.6 is 0 Å². The van der Waals surface area contributed by atoms with Crippen molar-refractivity contribution in [2.24, 2.45) is 0 Å². The van der Waals surface area contributed by atoms with E-state index in [1.165, 1.54) is 0 Å². The van der Waals surface area contributed by atoms with Gasteiger partial charge in [-0.2, -0.15) is 0 Å². The van der Waals surface area contributed by atoms with Gasteiger partial charge in [-0.3, -0.25) is 4.79 Å². The molecule has 0 aromatic heterocycles. The zero-order chi connectivity index (χ0) is 16.3. The molecule has 1 saturated heterocycles. The Kier molecular flexibility index (Phi) is 5.61. The van der Waals surface area contributed by atoms with Crippen LogP contribution in [0.3, 0.4) is 0 Å². The maximum Gasteiger partial charge on any atom is 0.408 e. The van der Waals surface area contributed by atoms with E-state index in [0.29, 0.717) is 13.2 Å². The third-order valence-electron chi connectivity index (χ3n) is 3.05. The number of carbonyl (C=O) groups excluding carboxylic acids is 2. The van der Waals surface area contributed by atoms with Gasteiger partial charge in [-0.1, -0.05) is 0 Å². The van der Waals surface area contributed by atoms with Crippen LogP contribution in [-0.4, -0.2) is 54.3 Å². The molecule has 122 valence electrons. The summed E-state index contributed by atoms with van der Waals surface area (Å²) in [5.41, 5.74) is -1.12. The molecule has 6 nitrogen and oxygen atoms in total. The van der Waals surface area contributed by atoms with E-state index in [1.807, 2.05) is 34.6 Å². The molecule has 1 fully saturated rings. The van der Waals surface area contributed by atoms with Crippen molar-refractivity contribution < 1.29 is 19.1 Å². The number of ether oxygens (including phenoxy) is 2. The second-order valence-electron chi connectivity index (χ2n) is 7.21. The molecule has 1 aliphatic heterocycles. The number of hydrogen-bond donors (Lipinski definition) is 1.